The first-order valence-corrected chi connectivity index (χ1v) is 8.74. The lowest BCUT2D eigenvalue weighted by Crippen LogP contribution is -2.32. The predicted molar refractivity (Wildman–Crippen MR) is 99.2 cm³/mol. The van der Waals surface area contributed by atoms with Gasteiger partial charge in [0.15, 0.2) is 0 Å². The van der Waals surface area contributed by atoms with Crippen molar-refractivity contribution in [1.29, 1.82) is 0 Å². The van der Waals surface area contributed by atoms with Gasteiger partial charge in [0.05, 0.1) is 5.69 Å². The molecule has 0 bridgehead atoms. The highest BCUT2D eigenvalue weighted by Gasteiger charge is 2.23. The van der Waals surface area contributed by atoms with Gasteiger partial charge in [-0.2, -0.15) is 5.10 Å². The molecule has 2 aromatic rings. The monoisotopic (exact) mass is 327 g/mol. The van der Waals surface area contributed by atoms with Gasteiger partial charge in [0, 0.05) is 58.9 Å². The molecule has 5 nitrogen and oxygen atoms in total. The van der Waals surface area contributed by atoms with Gasteiger partial charge in [-0.15, -0.1) is 0 Å². The molecule has 1 unspecified atom stereocenters. The number of nitrogens with one attached hydrogen (secondary N) is 1. The quantitative estimate of drug-likeness (QED) is 0.882. The molecular weight excluding hydrogens is 298 g/mol. The van der Waals surface area contributed by atoms with Crippen molar-refractivity contribution in [3.05, 3.63) is 47.2 Å². The molecule has 0 spiro atoms. The van der Waals surface area contributed by atoms with E-state index < -0.39 is 0 Å². The van der Waals surface area contributed by atoms with Gasteiger partial charge < -0.3 is 10.2 Å². The van der Waals surface area contributed by atoms with Crippen molar-refractivity contribution in [3.8, 4) is 0 Å². The average molecular weight is 327 g/mol. The highest BCUT2D eigenvalue weighted by atomic mass is 15.4. The molecule has 130 valence electrons. The van der Waals surface area contributed by atoms with Gasteiger partial charge in [-0.3, -0.25) is 9.58 Å². The molecule has 0 radical (unpaired) electrons. The fraction of sp³-hybridized carbons (Fsp3) is 0.526. The van der Waals surface area contributed by atoms with Crippen LogP contribution in [0, 0.1) is 6.92 Å². The molecule has 1 aliphatic rings. The Morgan fingerprint density at radius 1 is 1.25 bits per heavy atom. The highest BCUT2D eigenvalue weighted by Crippen LogP contribution is 2.22. The molecule has 1 aromatic heterocycles. The van der Waals surface area contributed by atoms with Gasteiger partial charge in [-0.05, 0) is 18.9 Å². The van der Waals surface area contributed by atoms with E-state index >= 15 is 0 Å². The van der Waals surface area contributed by atoms with Crippen LogP contribution in [0.15, 0.2) is 30.3 Å². The summed E-state index contributed by atoms with van der Waals surface area (Å²) in [5.74, 6) is 1.19. The van der Waals surface area contributed by atoms with Crippen LogP contribution in [0.25, 0.3) is 0 Å². The van der Waals surface area contributed by atoms with Crippen LogP contribution in [0.5, 0.6) is 0 Å². The van der Waals surface area contributed by atoms with E-state index in [1.807, 2.05) is 11.7 Å². The summed E-state index contributed by atoms with van der Waals surface area (Å²) in [7, 11) is 6.18. The third kappa shape index (κ3) is 3.79. The second-order valence-electron chi connectivity index (χ2n) is 6.99. The Labute approximate surface area is 145 Å². The normalized spacial score (nSPS) is 18.2. The summed E-state index contributed by atoms with van der Waals surface area (Å²) < 4.78 is 1.97. The van der Waals surface area contributed by atoms with Gasteiger partial charge >= 0.3 is 0 Å². The molecule has 24 heavy (non-hydrogen) atoms. The van der Waals surface area contributed by atoms with E-state index in [-0.39, 0.29) is 0 Å². The fourth-order valence-electron chi connectivity index (χ4n) is 3.69. The van der Waals surface area contributed by atoms with Gasteiger partial charge in [0.25, 0.3) is 0 Å². The lowest BCUT2D eigenvalue weighted by Gasteiger charge is -2.19. The van der Waals surface area contributed by atoms with E-state index in [0.29, 0.717) is 6.04 Å². The first kappa shape index (κ1) is 17.0. The second kappa shape index (κ2) is 7.36. The molecule has 1 fully saturated rings. The molecule has 0 saturated carbocycles. The zero-order valence-electron chi connectivity index (χ0n) is 15.3. The number of aryl methyl sites for hydroxylation is 2. The zero-order valence-corrected chi connectivity index (χ0v) is 15.3. The molecule has 1 aromatic carbocycles. The standard InChI is InChI=1S/C19H29N5/c1-15-18(19(22(2)3)23(4)21-15)12-20-17-10-11-24(14-17)13-16-8-6-5-7-9-16/h5-9,17,20H,10-14H2,1-4H3. The zero-order chi connectivity index (χ0) is 17.1. The van der Waals surface area contributed by atoms with E-state index in [4.69, 9.17) is 0 Å². The van der Waals surface area contributed by atoms with Crippen molar-refractivity contribution in [2.45, 2.75) is 32.5 Å². The van der Waals surface area contributed by atoms with Crippen LogP contribution in [-0.2, 0) is 20.1 Å². The highest BCUT2D eigenvalue weighted by molar-refractivity contribution is 5.48. The smallest absolute Gasteiger partial charge is 0.130 e. The largest absolute Gasteiger partial charge is 0.363 e. The molecule has 1 N–H and O–H groups in total. The summed E-state index contributed by atoms with van der Waals surface area (Å²) in [6, 6.07) is 11.3. The van der Waals surface area contributed by atoms with Gasteiger partial charge in [0.2, 0.25) is 0 Å². The molecule has 1 atom stereocenters. The first-order chi connectivity index (χ1) is 11.5. The van der Waals surface area contributed by atoms with E-state index in [1.54, 1.807) is 0 Å². The van der Waals surface area contributed by atoms with Crippen molar-refractivity contribution in [3.63, 3.8) is 0 Å². The van der Waals surface area contributed by atoms with Gasteiger partial charge in [-0.1, -0.05) is 30.3 Å². The topological polar surface area (TPSA) is 36.3 Å². The SMILES string of the molecule is Cc1nn(C)c(N(C)C)c1CNC1CCN(Cc2ccccc2)C1. The molecule has 0 amide bonds. The molecule has 2 heterocycles. The van der Waals surface area contributed by atoms with Crippen molar-refractivity contribution in [1.82, 2.24) is 20.0 Å². The number of anilines is 1. The minimum Gasteiger partial charge on any atom is -0.363 e. The summed E-state index contributed by atoms with van der Waals surface area (Å²) in [5, 5.41) is 8.31. The van der Waals surface area contributed by atoms with E-state index in [9.17, 15) is 0 Å². The Kier molecular flexibility index (Phi) is 5.21. The molecule has 5 heteroatoms. The summed E-state index contributed by atoms with van der Waals surface area (Å²) >= 11 is 0. The van der Waals surface area contributed by atoms with Crippen LogP contribution in [-0.4, -0.2) is 47.9 Å². The van der Waals surface area contributed by atoms with Crippen LogP contribution < -0.4 is 10.2 Å². The van der Waals surface area contributed by atoms with Crippen LogP contribution in [0.4, 0.5) is 5.82 Å². The number of likely N-dealkylation sites (tertiary alicyclic amines) is 1. The van der Waals surface area contributed by atoms with Gasteiger partial charge in [0.1, 0.15) is 5.82 Å². The van der Waals surface area contributed by atoms with E-state index in [1.165, 1.54) is 29.9 Å². The van der Waals surface area contributed by atoms with Crippen LogP contribution in [0.3, 0.4) is 0 Å². The van der Waals surface area contributed by atoms with Crippen LogP contribution >= 0.6 is 0 Å². The maximum absolute atomic E-state index is 4.57. The number of aromatic nitrogens is 2. The number of nitrogens with zero attached hydrogens (tertiary/aromatic N) is 4. The maximum atomic E-state index is 4.57. The third-order valence-corrected chi connectivity index (χ3v) is 4.83. The Hall–Kier alpha value is -1.85. The van der Waals surface area contributed by atoms with Crippen LogP contribution in [0.1, 0.15) is 23.2 Å². The van der Waals surface area contributed by atoms with Crippen molar-refractivity contribution in [2.24, 2.45) is 7.05 Å². The number of benzene rings is 1. The Balaban J connectivity index is 1.55. The minimum absolute atomic E-state index is 0.559. The number of rotatable bonds is 6. The number of hydrogen-bond donors (Lipinski definition) is 1. The maximum Gasteiger partial charge on any atom is 0.130 e. The fourth-order valence-corrected chi connectivity index (χ4v) is 3.69. The van der Waals surface area contributed by atoms with Crippen LogP contribution in [0.2, 0.25) is 0 Å². The molecule has 1 aliphatic heterocycles. The van der Waals surface area contributed by atoms with E-state index in [0.717, 1.165) is 25.3 Å². The Morgan fingerprint density at radius 2 is 2.00 bits per heavy atom. The molecular formula is C19H29N5. The first-order valence-electron chi connectivity index (χ1n) is 8.74. The van der Waals surface area contributed by atoms with Gasteiger partial charge in [-0.25, -0.2) is 0 Å². The second-order valence-corrected chi connectivity index (χ2v) is 6.99. The molecule has 1 saturated heterocycles. The summed E-state index contributed by atoms with van der Waals surface area (Å²) in [5.41, 5.74) is 3.83. The Bertz CT molecular complexity index is 662. The summed E-state index contributed by atoms with van der Waals surface area (Å²) in [6.45, 7) is 6.32. The lowest BCUT2D eigenvalue weighted by molar-refractivity contribution is 0.320. The summed E-state index contributed by atoms with van der Waals surface area (Å²) in [4.78, 5) is 4.68. The van der Waals surface area contributed by atoms with Crippen molar-refractivity contribution >= 4 is 5.82 Å². The van der Waals surface area contributed by atoms with E-state index in [2.05, 4.69) is 71.6 Å². The molecule has 3 rings (SSSR count). The minimum atomic E-state index is 0.559. The van der Waals surface area contributed by atoms with Crippen molar-refractivity contribution in [2.75, 3.05) is 32.1 Å². The van der Waals surface area contributed by atoms with Crippen molar-refractivity contribution < 1.29 is 0 Å². The Morgan fingerprint density at radius 3 is 2.71 bits per heavy atom. The average Bonchev–Trinajstić information content (AvgIpc) is 3.10. The third-order valence-electron chi connectivity index (χ3n) is 4.83. The predicted octanol–water partition coefficient (Wildman–Crippen LogP) is 2.16. The lowest BCUT2D eigenvalue weighted by atomic mass is 10.2. The molecule has 0 aliphatic carbocycles. The number of hydrogen-bond acceptors (Lipinski definition) is 4. The summed E-state index contributed by atoms with van der Waals surface area (Å²) in [6.07, 6.45) is 1.21.